The van der Waals surface area contributed by atoms with Crippen molar-refractivity contribution in [3.05, 3.63) is 28.8 Å². The lowest BCUT2D eigenvalue weighted by Gasteiger charge is -2.11. The van der Waals surface area contributed by atoms with E-state index in [9.17, 15) is 5.11 Å². The molecule has 74 valence electrons. The highest BCUT2D eigenvalue weighted by Crippen LogP contribution is 2.28. The number of rotatable bonds is 2. The molecule has 0 heterocycles. The van der Waals surface area contributed by atoms with E-state index in [-0.39, 0.29) is 5.75 Å². The zero-order chi connectivity index (χ0) is 10.7. The van der Waals surface area contributed by atoms with Gasteiger partial charge < -0.3 is 10.8 Å². The molecule has 0 radical (unpaired) electrons. The fourth-order valence-corrected chi connectivity index (χ4v) is 1.39. The highest BCUT2D eigenvalue weighted by molar-refractivity contribution is 5.46. The smallest absolute Gasteiger partial charge is 0.124 e. The molecule has 1 aromatic rings. The van der Waals surface area contributed by atoms with Crippen molar-refractivity contribution < 1.29 is 5.11 Å². The Morgan fingerprint density at radius 1 is 1.57 bits per heavy atom. The third-order valence-electron chi connectivity index (χ3n) is 2.27. The fourth-order valence-electron chi connectivity index (χ4n) is 1.39. The summed E-state index contributed by atoms with van der Waals surface area (Å²) in [5.41, 5.74) is 7.94. The first kappa shape index (κ1) is 10.6. The molecule has 3 nitrogen and oxygen atoms in total. The van der Waals surface area contributed by atoms with Crippen LogP contribution in [0, 0.1) is 18.3 Å². The summed E-state index contributed by atoms with van der Waals surface area (Å²) in [6.07, 6.45) is 0.867. The molecule has 0 aromatic heterocycles. The maximum absolute atomic E-state index is 9.69. The van der Waals surface area contributed by atoms with Crippen LogP contribution in [-0.4, -0.2) is 5.11 Å². The highest BCUT2D eigenvalue weighted by Gasteiger charge is 2.12. The van der Waals surface area contributed by atoms with Gasteiger partial charge in [-0.15, -0.1) is 0 Å². The largest absolute Gasteiger partial charge is 0.507 e. The van der Waals surface area contributed by atoms with Crippen LogP contribution in [0.25, 0.3) is 0 Å². The summed E-state index contributed by atoms with van der Waals surface area (Å²) in [6.45, 7) is 3.83. The summed E-state index contributed by atoms with van der Waals surface area (Å²) in [4.78, 5) is 0. The molecule has 1 rings (SSSR count). The quantitative estimate of drug-likeness (QED) is 0.746. The third kappa shape index (κ3) is 1.86. The van der Waals surface area contributed by atoms with Crippen molar-refractivity contribution in [1.82, 2.24) is 0 Å². The zero-order valence-electron chi connectivity index (χ0n) is 8.41. The average molecular weight is 190 g/mol. The molecule has 0 spiro atoms. The van der Waals surface area contributed by atoms with Crippen molar-refractivity contribution in [2.45, 2.75) is 26.3 Å². The van der Waals surface area contributed by atoms with Crippen LogP contribution in [0.4, 0.5) is 0 Å². The van der Waals surface area contributed by atoms with Crippen LogP contribution in [0.3, 0.4) is 0 Å². The van der Waals surface area contributed by atoms with E-state index in [1.165, 1.54) is 0 Å². The van der Waals surface area contributed by atoms with E-state index in [1.807, 2.05) is 26.0 Å². The normalized spacial score (nSPS) is 12.1. The van der Waals surface area contributed by atoms with Crippen LogP contribution in [0.15, 0.2) is 12.1 Å². The summed E-state index contributed by atoms with van der Waals surface area (Å²) in [7, 11) is 0. The molecule has 3 N–H and O–H groups in total. The van der Waals surface area contributed by atoms with Gasteiger partial charge in [-0.2, -0.15) is 5.26 Å². The van der Waals surface area contributed by atoms with Crippen molar-refractivity contribution in [2.75, 3.05) is 0 Å². The molecule has 0 fully saturated rings. The predicted molar refractivity (Wildman–Crippen MR) is 54.8 cm³/mol. The molecule has 0 aliphatic rings. The Balaban J connectivity index is 3.28. The van der Waals surface area contributed by atoms with Gasteiger partial charge in [0.15, 0.2) is 0 Å². The molecule has 0 unspecified atom stereocenters. The highest BCUT2D eigenvalue weighted by atomic mass is 16.3. The number of nitrogens with zero attached hydrogens (tertiary/aromatic N) is 1. The lowest BCUT2D eigenvalue weighted by Crippen LogP contribution is -2.08. The molecule has 0 saturated carbocycles. The SMILES string of the molecule is CCc1cc(C)c(O)c([C@@H](N)C#N)c1. The molecule has 0 bridgehead atoms. The first-order chi connectivity index (χ1) is 6.60. The number of phenols is 1. The van der Waals surface area contributed by atoms with E-state index in [0.717, 1.165) is 17.5 Å². The molecule has 0 aliphatic carbocycles. The predicted octanol–water partition coefficient (Wildman–Crippen LogP) is 1.79. The Kier molecular flexibility index (Phi) is 3.10. The van der Waals surface area contributed by atoms with E-state index >= 15 is 0 Å². The second-order valence-electron chi connectivity index (χ2n) is 3.31. The molecule has 1 aromatic carbocycles. The molecule has 14 heavy (non-hydrogen) atoms. The number of hydrogen-bond donors (Lipinski definition) is 2. The first-order valence-electron chi connectivity index (χ1n) is 4.57. The van der Waals surface area contributed by atoms with E-state index in [2.05, 4.69) is 0 Å². The Bertz CT molecular complexity index is 380. The van der Waals surface area contributed by atoms with Gasteiger partial charge in [-0.1, -0.05) is 13.0 Å². The second kappa shape index (κ2) is 4.12. The van der Waals surface area contributed by atoms with Crippen LogP contribution in [-0.2, 0) is 6.42 Å². The zero-order valence-corrected chi connectivity index (χ0v) is 8.41. The van der Waals surface area contributed by atoms with E-state index in [1.54, 1.807) is 6.07 Å². The van der Waals surface area contributed by atoms with Crippen LogP contribution in [0.5, 0.6) is 5.75 Å². The van der Waals surface area contributed by atoms with Crippen molar-refractivity contribution in [3.63, 3.8) is 0 Å². The number of aryl methyl sites for hydroxylation is 2. The molecule has 0 aliphatic heterocycles. The number of hydrogen-bond acceptors (Lipinski definition) is 3. The minimum absolute atomic E-state index is 0.135. The number of nitriles is 1. The van der Waals surface area contributed by atoms with Gasteiger partial charge in [-0.05, 0) is 30.5 Å². The van der Waals surface area contributed by atoms with Gasteiger partial charge in [-0.3, -0.25) is 0 Å². The monoisotopic (exact) mass is 190 g/mol. The average Bonchev–Trinajstić information content (AvgIpc) is 2.20. The maximum atomic E-state index is 9.69. The number of benzene rings is 1. The van der Waals surface area contributed by atoms with Gasteiger partial charge in [0, 0.05) is 5.56 Å². The molecular formula is C11H14N2O. The Morgan fingerprint density at radius 3 is 2.71 bits per heavy atom. The summed E-state index contributed by atoms with van der Waals surface area (Å²) < 4.78 is 0. The molecule has 0 amide bonds. The van der Waals surface area contributed by atoms with E-state index < -0.39 is 6.04 Å². The molecular weight excluding hydrogens is 176 g/mol. The lowest BCUT2D eigenvalue weighted by molar-refractivity contribution is 0.461. The number of nitrogens with two attached hydrogens (primary N) is 1. The van der Waals surface area contributed by atoms with Gasteiger partial charge in [0.1, 0.15) is 11.8 Å². The van der Waals surface area contributed by atoms with Crippen LogP contribution in [0.2, 0.25) is 0 Å². The number of phenolic OH excluding ortho intramolecular Hbond substituents is 1. The minimum atomic E-state index is -0.750. The molecule has 3 heteroatoms. The Hall–Kier alpha value is -1.53. The van der Waals surface area contributed by atoms with Crippen LogP contribution < -0.4 is 5.73 Å². The molecule has 0 saturated heterocycles. The standard InChI is InChI=1S/C11H14N2O/c1-3-8-4-7(2)11(14)9(5-8)10(13)6-12/h4-5,10,14H,3,13H2,1-2H3/t10-/m0/s1. The van der Waals surface area contributed by atoms with Gasteiger partial charge in [0.2, 0.25) is 0 Å². The van der Waals surface area contributed by atoms with Crippen LogP contribution in [0.1, 0.15) is 29.7 Å². The van der Waals surface area contributed by atoms with Gasteiger partial charge in [0.05, 0.1) is 6.07 Å². The first-order valence-corrected chi connectivity index (χ1v) is 4.57. The summed E-state index contributed by atoms with van der Waals surface area (Å²) >= 11 is 0. The summed E-state index contributed by atoms with van der Waals surface area (Å²) in [5, 5.41) is 18.4. The topological polar surface area (TPSA) is 70.0 Å². The minimum Gasteiger partial charge on any atom is -0.507 e. The Labute approximate surface area is 83.8 Å². The molecule has 1 atom stereocenters. The van der Waals surface area contributed by atoms with Gasteiger partial charge in [-0.25, -0.2) is 0 Å². The van der Waals surface area contributed by atoms with Crippen molar-refractivity contribution in [1.29, 1.82) is 5.26 Å². The van der Waals surface area contributed by atoms with E-state index in [4.69, 9.17) is 11.0 Å². The van der Waals surface area contributed by atoms with Crippen LogP contribution >= 0.6 is 0 Å². The van der Waals surface area contributed by atoms with Crippen molar-refractivity contribution >= 4 is 0 Å². The van der Waals surface area contributed by atoms with Crippen molar-refractivity contribution in [2.24, 2.45) is 5.73 Å². The maximum Gasteiger partial charge on any atom is 0.124 e. The second-order valence-corrected chi connectivity index (χ2v) is 3.31. The van der Waals surface area contributed by atoms with Crippen molar-refractivity contribution in [3.8, 4) is 11.8 Å². The fraction of sp³-hybridized carbons (Fsp3) is 0.364. The summed E-state index contributed by atoms with van der Waals surface area (Å²) in [6, 6.07) is 4.86. The number of aromatic hydroxyl groups is 1. The lowest BCUT2D eigenvalue weighted by atomic mass is 9.99. The van der Waals surface area contributed by atoms with Gasteiger partial charge in [0.25, 0.3) is 0 Å². The van der Waals surface area contributed by atoms with Gasteiger partial charge >= 0.3 is 0 Å². The van der Waals surface area contributed by atoms with E-state index in [0.29, 0.717) is 5.56 Å². The Morgan fingerprint density at radius 2 is 2.21 bits per heavy atom. The summed E-state index contributed by atoms with van der Waals surface area (Å²) in [5.74, 6) is 0.135. The third-order valence-corrected chi connectivity index (χ3v) is 2.27.